The maximum absolute atomic E-state index is 12.4. The monoisotopic (exact) mass is 476 g/mol. The molecule has 7 nitrogen and oxygen atoms in total. The minimum atomic E-state index is -3.83. The first kappa shape index (κ1) is 23.8. The summed E-state index contributed by atoms with van der Waals surface area (Å²) in [4.78, 5) is 14.8. The number of hydrogen-bond donors (Lipinski definition) is 3. The zero-order chi connectivity index (χ0) is 24.5. The summed E-state index contributed by atoms with van der Waals surface area (Å²) in [5.74, 6) is 0.0803. The lowest BCUT2D eigenvalue weighted by molar-refractivity contribution is -0.120. The minimum absolute atomic E-state index is 0.0141. The Labute approximate surface area is 200 Å². The van der Waals surface area contributed by atoms with Crippen LogP contribution in [0.1, 0.15) is 29.5 Å². The Balaban J connectivity index is 1.53. The number of carbonyl (C=O) groups excluding carboxylic acids is 1. The Morgan fingerprint density at radius 3 is 2.38 bits per heavy atom. The number of ketones is 1. The summed E-state index contributed by atoms with van der Waals surface area (Å²) in [6.45, 7) is 3.68. The molecule has 1 aliphatic heterocycles. The van der Waals surface area contributed by atoms with Gasteiger partial charge >= 0.3 is 0 Å². The Morgan fingerprint density at radius 2 is 1.74 bits per heavy atom. The largest absolute Gasteiger partial charge is 0.384 e. The van der Waals surface area contributed by atoms with Gasteiger partial charge in [0, 0.05) is 42.6 Å². The number of nitrogens with zero attached hydrogens (tertiary/aromatic N) is 1. The van der Waals surface area contributed by atoms with Crippen molar-refractivity contribution in [3.8, 4) is 11.1 Å². The minimum Gasteiger partial charge on any atom is -0.384 e. The average Bonchev–Trinajstić information content (AvgIpc) is 3.23. The Hall–Kier alpha value is -3.33. The van der Waals surface area contributed by atoms with Gasteiger partial charge in [-0.2, -0.15) is 0 Å². The van der Waals surface area contributed by atoms with Crippen LogP contribution in [0, 0.1) is 11.3 Å². The van der Waals surface area contributed by atoms with Gasteiger partial charge in [0.25, 0.3) is 0 Å². The van der Waals surface area contributed by atoms with Gasteiger partial charge < -0.3 is 5.73 Å². The fourth-order valence-corrected chi connectivity index (χ4v) is 5.46. The van der Waals surface area contributed by atoms with E-state index in [-0.39, 0.29) is 28.4 Å². The van der Waals surface area contributed by atoms with E-state index in [2.05, 4.69) is 4.90 Å². The molecule has 176 valence electrons. The second-order valence-corrected chi connectivity index (χ2v) is 10.3. The molecule has 1 fully saturated rings. The predicted molar refractivity (Wildman–Crippen MR) is 133 cm³/mol. The molecule has 0 saturated carbocycles. The lowest BCUT2D eigenvalue weighted by Crippen LogP contribution is -2.22. The highest BCUT2D eigenvalue weighted by atomic mass is 32.2. The van der Waals surface area contributed by atoms with E-state index in [0.29, 0.717) is 24.2 Å². The summed E-state index contributed by atoms with van der Waals surface area (Å²) in [7, 11) is -3.83. The van der Waals surface area contributed by atoms with Crippen LogP contribution >= 0.6 is 0 Å². The zero-order valence-electron chi connectivity index (χ0n) is 18.9. The zero-order valence-corrected chi connectivity index (χ0v) is 19.8. The topological polar surface area (TPSA) is 130 Å². The predicted octanol–water partition coefficient (Wildman–Crippen LogP) is 3.09. The maximum atomic E-state index is 12.4. The number of Topliss-reactive ketones (excluding diaryl/α,β-unsaturated/α-hetero) is 1. The molecule has 2 atom stereocenters. The molecule has 4 rings (SSSR count). The molecule has 34 heavy (non-hydrogen) atoms. The highest BCUT2D eigenvalue weighted by Gasteiger charge is 2.36. The Morgan fingerprint density at radius 1 is 1.03 bits per heavy atom. The van der Waals surface area contributed by atoms with Crippen molar-refractivity contribution in [1.29, 1.82) is 5.41 Å². The van der Waals surface area contributed by atoms with Crippen LogP contribution in [-0.4, -0.2) is 38.0 Å². The third kappa shape index (κ3) is 5.09. The van der Waals surface area contributed by atoms with Gasteiger partial charge in [0.15, 0.2) is 0 Å². The third-order valence-corrected chi connectivity index (χ3v) is 7.38. The molecule has 0 radical (unpaired) electrons. The molecular formula is C26H28N4O3S. The van der Waals surface area contributed by atoms with Crippen molar-refractivity contribution in [2.45, 2.75) is 24.3 Å². The molecule has 1 saturated heterocycles. The number of sulfonamides is 1. The van der Waals surface area contributed by atoms with E-state index in [1.807, 2.05) is 42.5 Å². The second kappa shape index (κ2) is 9.50. The van der Waals surface area contributed by atoms with E-state index in [1.54, 1.807) is 31.2 Å². The van der Waals surface area contributed by atoms with Crippen LogP contribution in [0.15, 0.2) is 77.7 Å². The number of likely N-dealkylation sites (tertiary alicyclic amines) is 1. The average molecular weight is 477 g/mol. The van der Waals surface area contributed by atoms with E-state index in [4.69, 9.17) is 16.3 Å². The number of carbonyl (C=O) groups is 1. The first-order valence-corrected chi connectivity index (χ1v) is 12.6. The van der Waals surface area contributed by atoms with Crippen LogP contribution in [0.5, 0.6) is 0 Å². The van der Waals surface area contributed by atoms with Crippen molar-refractivity contribution in [1.82, 2.24) is 4.90 Å². The third-order valence-electron chi connectivity index (χ3n) is 6.41. The highest BCUT2D eigenvalue weighted by molar-refractivity contribution is 7.89. The van der Waals surface area contributed by atoms with Gasteiger partial charge in [-0.25, -0.2) is 13.6 Å². The number of nitrogens with one attached hydrogen (secondary N) is 1. The first-order chi connectivity index (χ1) is 16.1. The van der Waals surface area contributed by atoms with E-state index in [1.165, 1.54) is 6.07 Å². The quantitative estimate of drug-likeness (QED) is 0.356. The van der Waals surface area contributed by atoms with Crippen molar-refractivity contribution in [2.75, 3.05) is 13.1 Å². The summed E-state index contributed by atoms with van der Waals surface area (Å²) in [6, 6.07) is 22.0. The molecule has 0 spiro atoms. The fourth-order valence-electron chi connectivity index (χ4n) is 4.70. The lowest BCUT2D eigenvalue weighted by atomic mass is 9.86. The van der Waals surface area contributed by atoms with Gasteiger partial charge in [-0.05, 0) is 35.7 Å². The molecule has 2 unspecified atom stereocenters. The first-order valence-electron chi connectivity index (χ1n) is 11.0. The van der Waals surface area contributed by atoms with Crippen LogP contribution in [0.4, 0.5) is 0 Å². The standard InChI is InChI=1S/C26H28N4O3S/c1-17(31)23-15-30(16-24(23)20-5-4-6-21(13-20)26(27)28)14-18-9-11-19(12-10-18)22-7-2-3-8-25(22)34(29,32)33/h2-13,23-24H,14-16H2,1H3,(H3,27,28)(H2,29,32,33). The number of benzene rings is 3. The van der Waals surface area contributed by atoms with Crippen LogP contribution < -0.4 is 10.9 Å². The smallest absolute Gasteiger partial charge is 0.238 e. The van der Waals surface area contributed by atoms with E-state index < -0.39 is 10.0 Å². The molecule has 1 heterocycles. The number of rotatable bonds is 7. The molecule has 0 bridgehead atoms. The van der Waals surface area contributed by atoms with Crippen molar-refractivity contribution in [3.63, 3.8) is 0 Å². The molecule has 0 aromatic heterocycles. The van der Waals surface area contributed by atoms with Gasteiger partial charge in [0.2, 0.25) is 10.0 Å². The molecule has 3 aromatic rings. The van der Waals surface area contributed by atoms with Crippen LogP contribution in [0.3, 0.4) is 0 Å². The summed E-state index contributed by atoms with van der Waals surface area (Å²) >= 11 is 0. The Bertz CT molecular complexity index is 1340. The van der Waals surface area contributed by atoms with Crippen molar-refractivity contribution < 1.29 is 13.2 Å². The highest BCUT2D eigenvalue weighted by Crippen LogP contribution is 2.35. The fraction of sp³-hybridized carbons (Fsp3) is 0.231. The number of hydrogen-bond acceptors (Lipinski definition) is 5. The molecule has 0 aliphatic carbocycles. The van der Waals surface area contributed by atoms with Crippen molar-refractivity contribution in [3.05, 3.63) is 89.5 Å². The molecule has 8 heteroatoms. The normalized spacial score (nSPS) is 18.6. The molecule has 3 aromatic carbocycles. The van der Waals surface area contributed by atoms with Gasteiger partial charge in [-0.1, -0.05) is 60.7 Å². The number of primary sulfonamides is 1. The summed E-state index contributed by atoms with van der Waals surface area (Å²) in [6.07, 6.45) is 0. The molecule has 0 amide bonds. The maximum Gasteiger partial charge on any atom is 0.238 e. The van der Waals surface area contributed by atoms with E-state index in [9.17, 15) is 13.2 Å². The van der Waals surface area contributed by atoms with Gasteiger partial charge in [-0.15, -0.1) is 0 Å². The molecule has 1 aliphatic rings. The molecular weight excluding hydrogens is 448 g/mol. The summed E-state index contributed by atoms with van der Waals surface area (Å²) in [5.41, 5.74) is 9.75. The van der Waals surface area contributed by atoms with E-state index in [0.717, 1.165) is 23.2 Å². The second-order valence-electron chi connectivity index (χ2n) is 8.79. The van der Waals surface area contributed by atoms with Crippen LogP contribution in [0.25, 0.3) is 11.1 Å². The number of nitrogens with two attached hydrogens (primary N) is 2. The Kier molecular flexibility index (Phi) is 6.65. The van der Waals surface area contributed by atoms with Crippen molar-refractivity contribution >= 4 is 21.6 Å². The van der Waals surface area contributed by atoms with Crippen LogP contribution in [0.2, 0.25) is 0 Å². The van der Waals surface area contributed by atoms with Crippen molar-refractivity contribution in [2.24, 2.45) is 16.8 Å². The van der Waals surface area contributed by atoms with Crippen LogP contribution in [-0.2, 0) is 21.4 Å². The van der Waals surface area contributed by atoms with E-state index >= 15 is 0 Å². The number of amidine groups is 1. The SMILES string of the molecule is CC(=O)C1CN(Cc2ccc(-c3ccccc3S(N)(=O)=O)cc2)CC1c1cccc(C(=N)N)c1. The summed E-state index contributed by atoms with van der Waals surface area (Å²) < 4.78 is 23.9. The molecule has 5 N–H and O–H groups in total. The van der Waals surface area contributed by atoms with Gasteiger partial charge in [0.05, 0.1) is 4.90 Å². The number of nitrogen functional groups attached to an aromatic ring is 1. The van der Waals surface area contributed by atoms with Gasteiger partial charge in [0.1, 0.15) is 11.6 Å². The summed E-state index contributed by atoms with van der Waals surface area (Å²) in [5, 5.41) is 13.1. The van der Waals surface area contributed by atoms with Gasteiger partial charge in [-0.3, -0.25) is 15.1 Å². The lowest BCUT2D eigenvalue weighted by Gasteiger charge is -2.17.